The molecule has 0 N–H and O–H groups in total. The van der Waals surface area contributed by atoms with E-state index < -0.39 is 11.7 Å². The second kappa shape index (κ2) is 13.3. The van der Waals surface area contributed by atoms with Crippen LogP contribution in [0.3, 0.4) is 0 Å². The SMILES string of the molecule is CC.CCCc1ccc(C(F)(F)F)cc1.CCCc1ccc(OC)cc1. The van der Waals surface area contributed by atoms with E-state index in [0.717, 1.165) is 42.7 Å². The molecule has 0 aliphatic heterocycles. The summed E-state index contributed by atoms with van der Waals surface area (Å²) in [7, 11) is 1.69. The first-order valence-corrected chi connectivity index (χ1v) is 9.19. The summed E-state index contributed by atoms with van der Waals surface area (Å²) >= 11 is 0. The fourth-order valence-corrected chi connectivity index (χ4v) is 2.23. The molecule has 26 heavy (non-hydrogen) atoms. The number of rotatable bonds is 5. The van der Waals surface area contributed by atoms with Crippen LogP contribution in [0.5, 0.6) is 5.75 Å². The van der Waals surface area contributed by atoms with Gasteiger partial charge in [0.2, 0.25) is 0 Å². The Bertz CT molecular complexity index is 572. The fraction of sp³-hybridized carbons (Fsp3) is 0.455. The average molecular weight is 368 g/mol. The van der Waals surface area contributed by atoms with E-state index in [2.05, 4.69) is 19.1 Å². The van der Waals surface area contributed by atoms with Crippen LogP contribution in [0.2, 0.25) is 0 Å². The molecule has 0 unspecified atom stereocenters. The topological polar surface area (TPSA) is 9.23 Å². The molecule has 0 heterocycles. The molecule has 0 saturated carbocycles. The van der Waals surface area contributed by atoms with E-state index in [4.69, 9.17) is 4.74 Å². The molecule has 0 aromatic heterocycles. The average Bonchev–Trinajstić information content (AvgIpc) is 2.65. The van der Waals surface area contributed by atoms with Gasteiger partial charge in [0.1, 0.15) is 5.75 Å². The summed E-state index contributed by atoms with van der Waals surface area (Å²) in [5.74, 6) is 0.935. The maximum absolute atomic E-state index is 12.1. The third-order valence-corrected chi connectivity index (χ3v) is 3.52. The Morgan fingerprint density at radius 2 is 1.12 bits per heavy atom. The van der Waals surface area contributed by atoms with E-state index in [-0.39, 0.29) is 0 Å². The number of hydrogen-bond acceptors (Lipinski definition) is 1. The highest BCUT2D eigenvalue weighted by Gasteiger charge is 2.29. The van der Waals surface area contributed by atoms with Gasteiger partial charge in [-0.1, -0.05) is 64.8 Å². The molecule has 2 aromatic carbocycles. The van der Waals surface area contributed by atoms with Crippen LogP contribution in [0.25, 0.3) is 0 Å². The minimum Gasteiger partial charge on any atom is -0.497 e. The number of benzene rings is 2. The quantitative estimate of drug-likeness (QED) is 0.537. The van der Waals surface area contributed by atoms with Crippen LogP contribution < -0.4 is 4.74 Å². The van der Waals surface area contributed by atoms with E-state index in [1.165, 1.54) is 24.1 Å². The molecule has 0 aliphatic carbocycles. The van der Waals surface area contributed by atoms with Gasteiger partial charge in [-0.3, -0.25) is 0 Å². The molecule has 0 atom stereocenters. The van der Waals surface area contributed by atoms with Crippen LogP contribution in [0.15, 0.2) is 48.5 Å². The van der Waals surface area contributed by atoms with Crippen LogP contribution in [0.1, 0.15) is 57.2 Å². The Kier molecular flexibility index (Phi) is 12.3. The lowest BCUT2D eigenvalue weighted by atomic mass is 10.1. The Morgan fingerprint density at radius 1 is 0.731 bits per heavy atom. The van der Waals surface area contributed by atoms with Crippen molar-refractivity contribution in [3.8, 4) is 5.75 Å². The second-order valence-electron chi connectivity index (χ2n) is 5.54. The van der Waals surface area contributed by atoms with Gasteiger partial charge in [0.15, 0.2) is 0 Å². The number of hydrogen-bond donors (Lipinski definition) is 0. The molecular weight excluding hydrogens is 337 g/mol. The zero-order chi connectivity index (χ0) is 20.0. The minimum absolute atomic E-state index is 0.577. The number of methoxy groups -OCH3 is 1. The first-order chi connectivity index (χ1) is 12.4. The largest absolute Gasteiger partial charge is 0.497 e. The zero-order valence-corrected chi connectivity index (χ0v) is 16.5. The van der Waals surface area contributed by atoms with Crippen LogP contribution >= 0.6 is 0 Å². The van der Waals surface area contributed by atoms with Gasteiger partial charge in [0, 0.05) is 0 Å². The van der Waals surface area contributed by atoms with Gasteiger partial charge in [-0.05, 0) is 48.2 Å². The van der Waals surface area contributed by atoms with E-state index in [1.807, 2.05) is 32.9 Å². The summed E-state index contributed by atoms with van der Waals surface area (Å²) in [6.07, 6.45) is -0.0788. The Balaban J connectivity index is 0.000000444. The maximum atomic E-state index is 12.1. The summed E-state index contributed by atoms with van der Waals surface area (Å²) in [6, 6.07) is 13.6. The monoisotopic (exact) mass is 368 g/mol. The molecule has 0 amide bonds. The summed E-state index contributed by atoms with van der Waals surface area (Å²) in [6.45, 7) is 8.18. The van der Waals surface area contributed by atoms with Crippen LogP contribution in [-0.2, 0) is 19.0 Å². The molecule has 1 nitrogen and oxygen atoms in total. The van der Waals surface area contributed by atoms with Gasteiger partial charge in [0.05, 0.1) is 12.7 Å². The van der Waals surface area contributed by atoms with Crippen molar-refractivity contribution in [2.24, 2.45) is 0 Å². The smallest absolute Gasteiger partial charge is 0.416 e. The van der Waals surface area contributed by atoms with E-state index in [0.29, 0.717) is 0 Å². The van der Waals surface area contributed by atoms with Crippen molar-refractivity contribution in [3.63, 3.8) is 0 Å². The van der Waals surface area contributed by atoms with E-state index in [1.54, 1.807) is 7.11 Å². The lowest BCUT2D eigenvalue weighted by Gasteiger charge is -2.06. The van der Waals surface area contributed by atoms with E-state index in [9.17, 15) is 13.2 Å². The molecule has 0 fully saturated rings. The van der Waals surface area contributed by atoms with Crippen molar-refractivity contribution >= 4 is 0 Å². The normalized spacial score (nSPS) is 10.2. The number of aryl methyl sites for hydroxylation is 2. The van der Waals surface area contributed by atoms with Gasteiger partial charge in [-0.2, -0.15) is 13.2 Å². The third kappa shape index (κ3) is 9.50. The molecule has 146 valence electrons. The van der Waals surface area contributed by atoms with Crippen molar-refractivity contribution in [1.29, 1.82) is 0 Å². The number of ether oxygens (including phenoxy) is 1. The van der Waals surface area contributed by atoms with Crippen LogP contribution in [-0.4, -0.2) is 7.11 Å². The number of halogens is 3. The Morgan fingerprint density at radius 3 is 1.42 bits per heavy atom. The standard InChI is InChI=1S/C10H11F3.C10H14O.C2H6/c1-2-3-8-4-6-9(7-5-8)10(11,12)13;1-3-4-9-5-7-10(11-2)8-6-9;1-2/h4-7H,2-3H2,1H3;5-8H,3-4H2,1-2H3;1-2H3. The van der Waals surface area contributed by atoms with Gasteiger partial charge in [-0.15, -0.1) is 0 Å². The molecule has 0 saturated heterocycles. The molecule has 0 aliphatic rings. The Labute approximate surface area is 156 Å². The second-order valence-corrected chi connectivity index (χ2v) is 5.54. The highest BCUT2D eigenvalue weighted by atomic mass is 19.4. The molecule has 2 aromatic rings. The zero-order valence-electron chi connectivity index (χ0n) is 16.5. The molecule has 0 bridgehead atoms. The molecule has 0 spiro atoms. The summed E-state index contributed by atoms with van der Waals surface area (Å²) < 4.78 is 41.4. The van der Waals surface area contributed by atoms with Crippen molar-refractivity contribution in [2.75, 3.05) is 7.11 Å². The van der Waals surface area contributed by atoms with Gasteiger partial charge in [0.25, 0.3) is 0 Å². The predicted octanol–water partition coefficient (Wildman–Crippen LogP) is 7.33. The van der Waals surface area contributed by atoms with Gasteiger partial charge >= 0.3 is 6.18 Å². The first-order valence-electron chi connectivity index (χ1n) is 9.19. The Hall–Kier alpha value is -1.97. The minimum atomic E-state index is -4.22. The van der Waals surface area contributed by atoms with Crippen LogP contribution in [0, 0.1) is 0 Å². The predicted molar refractivity (Wildman–Crippen MR) is 104 cm³/mol. The lowest BCUT2D eigenvalue weighted by Crippen LogP contribution is -2.04. The fourth-order valence-electron chi connectivity index (χ4n) is 2.23. The lowest BCUT2D eigenvalue weighted by molar-refractivity contribution is -0.137. The van der Waals surface area contributed by atoms with Crippen molar-refractivity contribution in [3.05, 3.63) is 65.2 Å². The molecule has 4 heteroatoms. The first kappa shape index (κ1) is 24.0. The van der Waals surface area contributed by atoms with Crippen molar-refractivity contribution in [1.82, 2.24) is 0 Å². The number of alkyl halides is 3. The summed E-state index contributed by atoms with van der Waals surface area (Å²) in [4.78, 5) is 0. The maximum Gasteiger partial charge on any atom is 0.416 e. The summed E-state index contributed by atoms with van der Waals surface area (Å²) in [5.41, 5.74) is 1.76. The molecule has 0 radical (unpaired) electrons. The highest BCUT2D eigenvalue weighted by molar-refractivity contribution is 5.27. The third-order valence-electron chi connectivity index (χ3n) is 3.52. The van der Waals surface area contributed by atoms with Gasteiger partial charge in [-0.25, -0.2) is 0 Å². The highest BCUT2D eigenvalue weighted by Crippen LogP contribution is 2.29. The van der Waals surface area contributed by atoms with E-state index >= 15 is 0 Å². The van der Waals surface area contributed by atoms with Crippen LogP contribution in [0.4, 0.5) is 13.2 Å². The molecule has 2 rings (SSSR count). The van der Waals surface area contributed by atoms with Gasteiger partial charge < -0.3 is 4.74 Å². The summed E-state index contributed by atoms with van der Waals surface area (Å²) in [5, 5.41) is 0. The van der Waals surface area contributed by atoms with Crippen molar-refractivity contribution < 1.29 is 17.9 Å². The van der Waals surface area contributed by atoms with Crippen molar-refractivity contribution in [2.45, 2.75) is 59.6 Å². The molecular formula is C22H31F3O.